The van der Waals surface area contributed by atoms with Crippen LogP contribution in [-0.2, 0) is 24.6 Å². The van der Waals surface area contributed by atoms with Gasteiger partial charge >= 0.3 is 11.9 Å². The molecule has 0 spiro atoms. The number of benzene rings is 2. The SMILES string of the molecule is CC(Oc1ccc(Cl)c(COc2cc(-n3c(=O)cc(C(F)(F)F)n(C)c3=O)c(F)cc2Cl)c1)C(=O)[O-]. The molecule has 0 saturated carbocycles. The molecule has 1 heterocycles. The molecule has 14 heteroatoms. The van der Waals surface area contributed by atoms with Crippen LogP contribution in [0.5, 0.6) is 11.5 Å². The smallest absolute Gasteiger partial charge is 0.431 e. The molecule has 0 fully saturated rings. The van der Waals surface area contributed by atoms with Crippen LogP contribution in [0.25, 0.3) is 5.69 Å². The maximum atomic E-state index is 14.6. The van der Waals surface area contributed by atoms with Gasteiger partial charge in [0.15, 0.2) is 0 Å². The third-order valence-corrected chi connectivity index (χ3v) is 5.56. The Morgan fingerprint density at radius 2 is 1.78 bits per heavy atom. The molecule has 1 atom stereocenters. The van der Waals surface area contributed by atoms with Gasteiger partial charge in [-0.1, -0.05) is 23.2 Å². The number of hydrogen-bond acceptors (Lipinski definition) is 6. The van der Waals surface area contributed by atoms with Crippen LogP contribution >= 0.6 is 23.2 Å². The second-order valence-electron chi connectivity index (χ2n) is 7.40. The molecule has 3 rings (SSSR count). The second kappa shape index (κ2) is 10.2. The van der Waals surface area contributed by atoms with E-state index < -0.39 is 46.7 Å². The van der Waals surface area contributed by atoms with E-state index in [-0.39, 0.29) is 43.4 Å². The standard InChI is InChI=1S/C22H16Cl2F4N2O6/c1-10(20(32)33)36-12-3-4-13(23)11(5-12)9-35-17-7-16(15(25)6-14(17)24)30-19(31)8-18(22(26,27)28)29(2)21(30)34/h3-8,10H,9H2,1-2H3,(H,32,33)/p-1. The number of carbonyl (C=O) groups excluding carboxylic acids is 1. The number of aromatic nitrogens is 2. The Labute approximate surface area is 209 Å². The zero-order chi connectivity index (χ0) is 26.9. The van der Waals surface area contributed by atoms with Crippen LogP contribution in [0, 0.1) is 5.82 Å². The Balaban J connectivity index is 1.98. The monoisotopic (exact) mass is 549 g/mol. The lowest BCUT2D eigenvalue weighted by molar-refractivity contribution is -0.312. The topological polar surface area (TPSA) is 103 Å². The Bertz CT molecular complexity index is 1450. The van der Waals surface area contributed by atoms with Crippen molar-refractivity contribution in [2.45, 2.75) is 25.8 Å². The molecule has 0 amide bonds. The molecule has 0 bridgehead atoms. The largest absolute Gasteiger partial charge is 0.546 e. The zero-order valence-electron chi connectivity index (χ0n) is 18.4. The average molecular weight is 550 g/mol. The fourth-order valence-corrected chi connectivity index (χ4v) is 3.44. The Morgan fingerprint density at radius 3 is 2.39 bits per heavy atom. The summed E-state index contributed by atoms with van der Waals surface area (Å²) in [6.45, 7) is 0.952. The summed E-state index contributed by atoms with van der Waals surface area (Å²) in [7, 11) is 0.782. The van der Waals surface area contributed by atoms with Gasteiger partial charge in [0.25, 0.3) is 5.56 Å². The molecule has 0 radical (unpaired) electrons. The van der Waals surface area contributed by atoms with Crippen molar-refractivity contribution in [3.8, 4) is 17.2 Å². The van der Waals surface area contributed by atoms with Crippen molar-refractivity contribution in [3.63, 3.8) is 0 Å². The first kappa shape index (κ1) is 27.1. The molecule has 0 aliphatic carbocycles. The summed E-state index contributed by atoms with van der Waals surface area (Å²) in [5.41, 5.74) is -4.78. The number of aliphatic carboxylic acids is 1. The Morgan fingerprint density at radius 1 is 1.11 bits per heavy atom. The summed E-state index contributed by atoms with van der Waals surface area (Å²) < 4.78 is 65.1. The summed E-state index contributed by atoms with van der Waals surface area (Å²) in [5.74, 6) is -2.72. The van der Waals surface area contributed by atoms with E-state index in [2.05, 4.69) is 0 Å². The minimum atomic E-state index is -4.99. The van der Waals surface area contributed by atoms with E-state index in [0.717, 1.165) is 19.2 Å². The highest BCUT2D eigenvalue weighted by atomic mass is 35.5. The lowest BCUT2D eigenvalue weighted by Gasteiger charge is -2.17. The zero-order valence-corrected chi connectivity index (χ0v) is 19.9. The van der Waals surface area contributed by atoms with Crippen LogP contribution in [0.15, 0.2) is 46.0 Å². The number of halogens is 6. The molecule has 3 aromatic rings. The molecule has 0 N–H and O–H groups in total. The first-order chi connectivity index (χ1) is 16.7. The molecular formula is C22H15Cl2F4N2O6-. The van der Waals surface area contributed by atoms with E-state index in [9.17, 15) is 37.1 Å². The fourth-order valence-electron chi connectivity index (χ4n) is 3.06. The molecule has 0 aliphatic rings. The predicted molar refractivity (Wildman–Crippen MR) is 118 cm³/mol. The van der Waals surface area contributed by atoms with E-state index in [1.807, 2.05) is 0 Å². The summed E-state index contributed by atoms with van der Waals surface area (Å²) in [6.07, 6.45) is -6.26. The van der Waals surface area contributed by atoms with Crippen molar-refractivity contribution >= 4 is 29.2 Å². The van der Waals surface area contributed by atoms with Gasteiger partial charge in [0.2, 0.25) is 0 Å². The van der Waals surface area contributed by atoms with E-state index in [0.29, 0.717) is 5.56 Å². The van der Waals surface area contributed by atoms with Crippen LogP contribution in [0.1, 0.15) is 18.2 Å². The van der Waals surface area contributed by atoms with Gasteiger partial charge in [-0.25, -0.2) is 13.8 Å². The van der Waals surface area contributed by atoms with Crippen LogP contribution in [0.2, 0.25) is 10.0 Å². The van der Waals surface area contributed by atoms with Crippen molar-refractivity contribution in [1.82, 2.24) is 9.13 Å². The summed E-state index contributed by atoms with van der Waals surface area (Å²) >= 11 is 12.1. The van der Waals surface area contributed by atoms with E-state index in [4.69, 9.17) is 32.7 Å². The molecule has 0 saturated heterocycles. The van der Waals surface area contributed by atoms with Crippen molar-refractivity contribution in [2.75, 3.05) is 0 Å². The lowest BCUT2D eigenvalue weighted by Crippen LogP contribution is -2.41. The number of hydrogen-bond donors (Lipinski definition) is 0. The van der Waals surface area contributed by atoms with Crippen molar-refractivity contribution in [3.05, 3.63) is 84.4 Å². The van der Waals surface area contributed by atoms with Crippen molar-refractivity contribution < 1.29 is 36.9 Å². The van der Waals surface area contributed by atoms with Crippen LogP contribution < -0.4 is 25.8 Å². The van der Waals surface area contributed by atoms with Gasteiger partial charge in [0.05, 0.1) is 16.7 Å². The first-order valence-electron chi connectivity index (χ1n) is 9.89. The normalized spacial score (nSPS) is 12.3. The molecule has 36 heavy (non-hydrogen) atoms. The third-order valence-electron chi connectivity index (χ3n) is 4.90. The van der Waals surface area contributed by atoms with E-state index in [1.165, 1.54) is 25.1 Å². The van der Waals surface area contributed by atoms with Crippen molar-refractivity contribution in [1.29, 1.82) is 0 Å². The minimum Gasteiger partial charge on any atom is -0.546 e. The van der Waals surface area contributed by atoms with Crippen LogP contribution in [0.4, 0.5) is 17.6 Å². The molecule has 2 aromatic carbocycles. The maximum Gasteiger partial charge on any atom is 0.431 e. The summed E-state index contributed by atoms with van der Waals surface area (Å²) in [6, 6.07) is 5.94. The number of carboxylic acid groups (broad SMARTS) is 1. The minimum absolute atomic E-state index is 0.125. The fraction of sp³-hybridized carbons (Fsp3) is 0.227. The van der Waals surface area contributed by atoms with E-state index in [1.54, 1.807) is 0 Å². The van der Waals surface area contributed by atoms with Gasteiger partial charge in [-0.3, -0.25) is 9.36 Å². The molecule has 1 aromatic heterocycles. The number of carboxylic acids is 1. The van der Waals surface area contributed by atoms with Gasteiger partial charge in [-0.2, -0.15) is 13.2 Å². The van der Waals surface area contributed by atoms with Gasteiger partial charge in [-0.15, -0.1) is 0 Å². The maximum absolute atomic E-state index is 14.6. The lowest BCUT2D eigenvalue weighted by atomic mass is 10.2. The second-order valence-corrected chi connectivity index (χ2v) is 8.21. The van der Waals surface area contributed by atoms with Gasteiger partial charge in [0.1, 0.15) is 35.7 Å². The first-order valence-corrected chi connectivity index (χ1v) is 10.6. The quantitative estimate of drug-likeness (QED) is 0.419. The highest BCUT2D eigenvalue weighted by molar-refractivity contribution is 6.32. The van der Waals surface area contributed by atoms with Gasteiger partial charge in [-0.05, 0) is 31.2 Å². The van der Waals surface area contributed by atoms with E-state index >= 15 is 0 Å². The molecule has 8 nitrogen and oxygen atoms in total. The Hall–Kier alpha value is -3.51. The number of carbonyl (C=O) groups is 1. The molecule has 1 unspecified atom stereocenters. The molecular weight excluding hydrogens is 535 g/mol. The molecule has 0 aliphatic heterocycles. The summed E-state index contributed by atoms with van der Waals surface area (Å²) in [5, 5.41) is 10.8. The number of ether oxygens (including phenoxy) is 2. The average Bonchev–Trinajstić information content (AvgIpc) is 2.77. The van der Waals surface area contributed by atoms with Gasteiger partial charge in [0, 0.05) is 29.8 Å². The third kappa shape index (κ3) is 5.65. The highest BCUT2D eigenvalue weighted by Gasteiger charge is 2.35. The Kier molecular flexibility index (Phi) is 7.70. The highest BCUT2D eigenvalue weighted by Crippen LogP contribution is 2.32. The number of nitrogens with zero attached hydrogens (tertiary/aromatic N) is 2. The summed E-state index contributed by atoms with van der Waals surface area (Å²) in [4.78, 5) is 35.7. The number of rotatable bonds is 7. The van der Waals surface area contributed by atoms with Crippen LogP contribution in [0.3, 0.4) is 0 Å². The van der Waals surface area contributed by atoms with Crippen LogP contribution in [-0.4, -0.2) is 21.2 Å². The van der Waals surface area contributed by atoms with Crippen molar-refractivity contribution in [2.24, 2.45) is 7.05 Å². The predicted octanol–water partition coefficient (Wildman–Crippen LogP) is 3.10. The van der Waals surface area contributed by atoms with Gasteiger partial charge < -0.3 is 19.4 Å². The number of alkyl halides is 3. The molecule has 192 valence electrons.